The van der Waals surface area contributed by atoms with Crippen molar-refractivity contribution < 1.29 is 4.57 Å². The average Bonchev–Trinajstić information content (AvgIpc) is 2.86. The average molecular weight is 295 g/mol. The quantitative estimate of drug-likeness (QED) is 0.619. The summed E-state index contributed by atoms with van der Waals surface area (Å²) >= 11 is 1.84. The highest BCUT2D eigenvalue weighted by Crippen LogP contribution is 2.45. The third-order valence-corrected chi connectivity index (χ3v) is 4.64. The molecular formula is C18H19N2S+. The Kier molecular flexibility index (Phi) is 4.11. The van der Waals surface area contributed by atoms with Crippen LogP contribution in [0.4, 0.5) is 5.69 Å². The fourth-order valence-electron chi connectivity index (χ4n) is 2.54. The topological polar surface area (TPSA) is 7.12 Å². The van der Waals surface area contributed by atoms with Gasteiger partial charge < -0.3 is 4.90 Å². The second-order valence-corrected chi connectivity index (χ2v) is 5.93. The van der Waals surface area contributed by atoms with Crippen molar-refractivity contribution in [3.63, 3.8) is 0 Å². The Morgan fingerprint density at radius 1 is 1.19 bits per heavy atom. The Balaban J connectivity index is 2.00. The van der Waals surface area contributed by atoms with E-state index in [2.05, 4.69) is 77.7 Å². The smallest absolute Gasteiger partial charge is 0.208 e. The van der Waals surface area contributed by atoms with Crippen LogP contribution in [0.3, 0.4) is 0 Å². The summed E-state index contributed by atoms with van der Waals surface area (Å²) in [6, 6.07) is 14.9. The number of para-hydroxylation sites is 1. The summed E-state index contributed by atoms with van der Waals surface area (Å²) < 4.78 is 2.21. The Labute approximate surface area is 130 Å². The molecule has 0 N–H and O–H groups in total. The SMILES string of the molecule is C=CC[n+]1ccccc1/C=C1/Sc2ccccc2N1CC. The van der Waals surface area contributed by atoms with Gasteiger partial charge in [0.2, 0.25) is 5.69 Å². The van der Waals surface area contributed by atoms with Crippen LogP contribution in [0, 0.1) is 0 Å². The first kappa shape index (κ1) is 14.0. The number of pyridine rings is 1. The lowest BCUT2D eigenvalue weighted by atomic mass is 10.3. The van der Waals surface area contributed by atoms with Gasteiger partial charge in [-0.15, -0.1) is 0 Å². The fourth-order valence-corrected chi connectivity index (χ4v) is 3.71. The number of fused-ring (bicyclic) bond motifs is 1. The van der Waals surface area contributed by atoms with Gasteiger partial charge in [-0.05, 0) is 31.2 Å². The summed E-state index contributed by atoms with van der Waals surface area (Å²) in [5.74, 6) is 0. The molecule has 3 heteroatoms. The van der Waals surface area contributed by atoms with Crippen LogP contribution in [-0.2, 0) is 6.54 Å². The van der Waals surface area contributed by atoms with Crippen molar-refractivity contribution in [2.24, 2.45) is 0 Å². The molecule has 1 aromatic carbocycles. The van der Waals surface area contributed by atoms with Crippen LogP contribution in [0.5, 0.6) is 0 Å². The molecule has 3 rings (SSSR count). The predicted octanol–water partition coefficient (Wildman–Crippen LogP) is 4.09. The highest BCUT2D eigenvalue weighted by Gasteiger charge is 2.24. The summed E-state index contributed by atoms with van der Waals surface area (Å²) in [4.78, 5) is 3.70. The molecule has 0 aliphatic carbocycles. The van der Waals surface area contributed by atoms with E-state index in [9.17, 15) is 0 Å². The van der Waals surface area contributed by atoms with Gasteiger partial charge in [0.15, 0.2) is 12.7 Å². The van der Waals surface area contributed by atoms with Crippen LogP contribution >= 0.6 is 11.8 Å². The monoisotopic (exact) mass is 295 g/mol. The maximum absolute atomic E-state index is 3.84. The molecule has 1 aromatic heterocycles. The van der Waals surface area contributed by atoms with Crippen molar-refractivity contribution in [3.05, 3.63) is 72.0 Å². The largest absolute Gasteiger partial charge is 0.335 e. The van der Waals surface area contributed by atoms with E-state index in [4.69, 9.17) is 0 Å². The number of nitrogens with zero attached hydrogens (tertiary/aromatic N) is 2. The minimum absolute atomic E-state index is 0.823. The van der Waals surface area contributed by atoms with E-state index in [0.29, 0.717) is 0 Å². The molecule has 2 nitrogen and oxygen atoms in total. The maximum atomic E-state index is 3.84. The number of hydrogen-bond acceptors (Lipinski definition) is 2. The molecule has 0 fully saturated rings. The Bertz CT molecular complexity index is 691. The van der Waals surface area contributed by atoms with Gasteiger partial charge in [0, 0.05) is 29.6 Å². The molecule has 0 saturated carbocycles. The first-order valence-electron chi connectivity index (χ1n) is 7.19. The third-order valence-electron chi connectivity index (χ3n) is 3.53. The molecule has 0 bridgehead atoms. The Morgan fingerprint density at radius 2 is 2.00 bits per heavy atom. The minimum Gasteiger partial charge on any atom is -0.335 e. The lowest BCUT2D eigenvalue weighted by Crippen LogP contribution is -2.35. The number of thioether (sulfide) groups is 1. The van der Waals surface area contributed by atoms with Gasteiger partial charge in [-0.3, -0.25) is 0 Å². The number of hydrogen-bond donors (Lipinski definition) is 0. The summed E-state index contributed by atoms with van der Waals surface area (Å²) in [5, 5.41) is 1.28. The van der Waals surface area contributed by atoms with Crippen molar-refractivity contribution in [1.29, 1.82) is 0 Å². The predicted molar refractivity (Wildman–Crippen MR) is 90.1 cm³/mol. The number of aromatic nitrogens is 1. The zero-order valence-electron chi connectivity index (χ0n) is 12.2. The van der Waals surface area contributed by atoms with E-state index in [0.717, 1.165) is 13.1 Å². The molecule has 2 aromatic rings. The normalized spacial score (nSPS) is 15.3. The van der Waals surface area contributed by atoms with Crippen LogP contribution < -0.4 is 9.47 Å². The molecule has 1 aliphatic rings. The van der Waals surface area contributed by atoms with Crippen LogP contribution in [0.25, 0.3) is 6.08 Å². The summed E-state index contributed by atoms with van der Waals surface area (Å²) in [5.41, 5.74) is 2.51. The highest BCUT2D eigenvalue weighted by atomic mass is 32.2. The summed E-state index contributed by atoms with van der Waals surface area (Å²) in [7, 11) is 0. The highest BCUT2D eigenvalue weighted by molar-refractivity contribution is 8.03. The van der Waals surface area contributed by atoms with Crippen LogP contribution in [0.2, 0.25) is 0 Å². The van der Waals surface area contributed by atoms with E-state index in [1.54, 1.807) is 0 Å². The van der Waals surface area contributed by atoms with Gasteiger partial charge >= 0.3 is 0 Å². The van der Waals surface area contributed by atoms with Crippen molar-refractivity contribution in [2.45, 2.75) is 18.4 Å². The van der Waals surface area contributed by atoms with Gasteiger partial charge in [-0.25, -0.2) is 0 Å². The standard InChI is InChI=1S/C18H19N2S/c1-3-12-19-13-8-7-9-15(19)14-18-20(4-2)16-10-5-6-11-17(16)21-18/h3,5-11,13-14H,1,4,12H2,2H3/q+1. The van der Waals surface area contributed by atoms with Gasteiger partial charge in [0.1, 0.15) is 0 Å². The van der Waals surface area contributed by atoms with E-state index in [1.165, 1.54) is 21.3 Å². The van der Waals surface area contributed by atoms with Crippen LogP contribution in [-0.4, -0.2) is 6.54 Å². The van der Waals surface area contributed by atoms with Gasteiger partial charge in [0.05, 0.1) is 10.7 Å². The fraction of sp³-hybridized carbons (Fsp3) is 0.167. The molecule has 0 spiro atoms. The zero-order chi connectivity index (χ0) is 14.7. The third kappa shape index (κ3) is 2.74. The van der Waals surface area contributed by atoms with Crippen molar-refractivity contribution in [2.75, 3.05) is 11.4 Å². The van der Waals surface area contributed by atoms with E-state index < -0.39 is 0 Å². The van der Waals surface area contributed by atoms with Crippen LogP contribution in [0.15, 0.2) is 71.2 Å². The Hall–Kier alpha value is -2.00. The lowest BCUT2D eigenvalue weighted by Gasteiger charge is -2.17. The minimum atomic E-state index is 0.823. The number of allylic oxidation sites excluding steroid dienone is 1. The number of rotatable bonds is 4. The molecule has 21 heavy (non-hydrogen) atoms. The second kappa shape index (κ2) is 6.19. The van der Waals surface area contributed by atoms with Crippen LogP contribution in [0.1, 0.15) is 12.6 Å². The maximum Gasteiger partial charge on any atom is 0.208 e. The zero-order valence-corrected chi connectivity index (χ0v) is 13.0. The Morgan fingerprint density at radius 3 is 2.81 bits per heavy atom. The van der Waals surface area contributed by atoms with E-state index in [1.807, 2.05) is 17.8 Å². The second-order valence-electron chi connectivity index (χ2n) is 4.86. The van der Waals surface area contributed by atoms with Crippen molar-refractivity contribution in [1.82, 2.24) is 0 Å². The lowest BCUT2D eigenvalue weighted by molar-refractivity contribution is -0.688. The molecule has 0 saturated heterocycles. The summed E-state index contributed by atoms with van der Waals surface area (Å²) in [6.07, 6.45) is 6.28. The van der Waals surface area contributed by atoms with Gasteiger partial charge in [-0.1, -0.05) is 30.5 Å². The van der Waals surface area contributed by atoms with Gasteiger partial charge in [0.25, 0.3) is 0 Å². The molecule has 0 unspecified atom stereocenters. The van der Waals surface area contributed by atoms with E-state index >= 15 is 0 Å². The van der Waals surface area contributed by atoms with Crippen molar-refractivity contribution in [3.8, 4) is 0 Å². The van der Waals surface area contributed by atoms with Crippen molar-refractivity contribution >= 4 is 23.5 Å². The molecule has 106 valence electrons. The first-order valence-corrected chi connectivity index (χ1v) is 8.00. The molecule has 0 atom stereocenters. The molecule has 0 radical (unpaired) electrons. The molecule has 2 heterocycles. The number of anilines is 1. The molecule has 0 amide bonds. The molecular weight excluding hydrogens is 276 g/mol. The first-order chi connectivity index (χ1) is 10.3. The van der Waals surface area contributed by atoms with Gasteiger partial charge in [-0.2, -0.15) is 4.57 Å². The van der Waals surface area contributed by atoms with E-state index in [-0.39, 0.29) is 0 Å². The summed E-state index contributed by atoms with van der Waals surface area (Å²) in [6.45, 7) is 7.83. The number of benzene rings is 1. The molecule has 1 aliphatic heterocycles.